The van der Waals surface area contributed by atoms with Gasteiger partial charge in [-0.15, -0.1) is 0 Å². The van der Waals surface area contributed by atoms with Crippen LogP contribution in [-0.2, 0) is 14.4 Å². The van der Waals surface area contributed by atoms with E-state index in [1.165, 1.54) is 0 Å². The number of carbonyl (C=O) groups is 3. The number of para-hydroxylation sites is 2. The van der Waals surface area contributed by atoms with Crippen LogP contribution in [0.1, 0.15) is 24.8 Å². The molecule has 0 saturated heterocycles. The molecule has 5 nitrogen and oxygen atoms in total. The Morgan fingerprint density at radius 2 is 1.36 bits per heavy atom. The second-order valence-electron chi connectivity index (χ2n) is 8.00. The Labute approximate surface area is 197 Å². The van der Waals surface area contributed by atoms with Gasteiger partial charge in [0.25, 0.3) is 5.91 Å². The number of nitrogens with one attached hydrogen (secondary N) is 2. The highest BCUT2D eigenvalue weighted by molar-refractivity contribution is 6.30. The van der Waals surface area contributed by atoms with Crippen LogP contribution in [0.4, 0.5) is 11.4 Å². The number of amides is 2. The van der Waals surface area contributed by atoms with E-state index in [0.717, 1.165) is 5.56 Å². The minimum Gasteiger partial charge on any atom is -0.326 e. The first-order chi connectivity index (χ1) is 15.9. The first-order valence-electron chi connectivity index (χ1n) is 10.7. The van der Waals surface area contributed by atoms with Gasteiger partial charge in [0.15, 0.2) is 5.78 Å². The van der Waals surface area contributed by atoms with Crippen LogP contribution in [0.2, 0.25) is 5.02 Å². The molecule has 166 valence electrons. The van der Waals surface area contributed by atoms with Crippen molar-refractivity contribution in [1.82, 2.24) is 0 Å². The van der Waals surface area contributed by atoms with Gasteiger partial charge < -0.3 is 10.6 Å². The van der Waals surface area contributed by atoms with E-state index < -0.39 is 17.7 Å². The first kappa shape index (κ1) is 22.5. The molecule has 2 amide bonds. The third kappa shape index (κ3) is 5.04. The van der Waals surface area contributed by atoms with Crippen molar-refractivity contribution in [1.29, 1.82) is 0 Å². The van der Waals surface area contributed by atoms with Gasteiger partial charge in [-0.1, -0.05) is 60.1 Å². The molecule has 1 aliphatic carbocycles. The normalized spacial score (nSPS) is 18.1. The number of Topliss-reactive ketones (excluding diaryl/α,β-unsaturated/α-hetero) is 1. The van der Waals surface area contributed by atoms with Gasteiger partial charge in [-0.3, -0.25) is 14.4 Å². The van der Waals surface area contributed by atoms with E-state index in [1.54, 1.807) is 55.5 Å². The highest BCUT2D eigenvalue weighted by atomic mass is 35.5. The summed E-state index contributed by atoms with van der Waals surface area (Å²) in [7, 11) is 0. The number of ketones is 1. The van der Waals surface area contributed by atoms with Crippen molar-refractivity contribution in [2.75, 3.05) is 10.6 Å². The summed E-state index contributed by atoms with van der Waals surface area (Å²) in [5.41, 5.74) is 2.55. The molecule has 1 aliphatic rings. The van der Waals surface area contributed by atoms with E-state index in [9.17, 15) is 14.4 Å². The number of hydrogen-bond donors (Lipinski definition) is 2. The number of halogens is 1. The largest absolute Gasteiger partial charge is 0.326 e. The monoisotopic (exact) mass is 458 g/mol. The van der Waals surface area contributed by atoms with Gasteiger partial charge in [-0.2, -0.15) is 0 Å². The molecule has 3 aromatic carbocycles. The van der Waals surface area contributed by atoms with Crippen LogP contribution in [0.25, 0.3) is 0 Å². The first-order valence-corrected chi connectivity index (χ1v) is 11.0. The van der Waals surface area contributed by atoms with Crippen LogP contribution in [0.5, 0.6) is 0 Å². The summed E-state index contributed by atoms with van der Waals surface area (Å²) in [6.07, 6.45) is 0.0450. The smallest absolute Gasteiger partial charge is 0.259 e. The summed E-state index contributed by atoms with van der Waals surface area (Å²) in [6, 6.07) is 25.2. The highest BCUT2D eigenvalue weighted by Crippen LogP contribution is 2.41. The van der Waals surface area contributed by atoms with Crippen molar-refractivity contribution >= 4 is 40.6 Å². The van der Waals surface area contributed by atoms with Gasteiger partial charge in [0.05, 0.1) is 11.5 Å². The molecule has 2 unspecified atom stereocenters. The van der Waals surface area contributed by atoms with Gasteiger partial charge in [0.2, 0.25) is 5.91 Å². The maximum absolute atomic E-state index is 13.4. The molecule has 4 rings (SSSR count). The highest BCUT2D eigenvalue weighted by Gasteiger charge is 2.41. The molecule has 33 heavy (non-hydrogen) atoms. The number of hydrogen-bond acceptors (Lipinski definition) is 3. The minimum absolute atomic E-state index is 0.0391. The van der Waals surface area contributed by atoms with Crippen molar-refractivity contribution in [3.05, 3.63) is 107 Å². The molecular weight excluding hydrogens is 436 g/mol. The van der Waals surface area contributed by atoms with Gasteiger partial charge in [-0.05, 0) is 54.5 Å². The van der Waals surface area contributed by atoms with Crippen LogP contribution in [-0.4, -0.2) is 17.6 Å². The molecule has 2 N–H and O–H groups in total. The average Bonchev–Trinajstić information content (AvgIpc) is 2.80. The third-order valence-electron chi connectivity index (χ3n) is 5.83. The predicted octanol–water partition coefficient (Wildman–Crippen LogP) is 5.61. The van der Waals surface area contributed by atoms with E-state index in [-0.39, 0.29) is 23.7 Å². The van der Waals surface area contributed by atoms with Gasteiger partial charge >= 0.3 is 0 Å². The summed E-state index contributed by atoms with van der Waals surface area (Å²) in [5.74, 6) is -2.16. The standard InChI is InChI=1S/C27H23ClN2O3/c1-17-24(26(32)29-20-8-4-2-5-9-20)22(18-12-14-19(28)15-13-18)16-23(31)25(17)27(33)30-21-10-6-3-7-11-21/h2-15,22,24H,16H2,1H3,(H,29,32)(H,30,33). The Kier molecular flexibility index (Phi) is 6.71. The Bertz CT molecular complexity index is 1210. The van der Waals surface area contributed by atoms with E-state index in [0.29, 0.717) is 22.0 Å². The molecule has 0 bridgehead atoms. The summed E-state index contributed by atoms with van der Waals surface area (Å²) >= 11 is 6.05. The van der Waals surface area contributed by atoms with Gasteiger partial charge in [0, 0.05) is 28.7 Å². The third-order valence-corrected chi connectivity index (χ3v) is 6.08. The molecule has 0 aliphatic heterocycles. The summed E-state index contributed by atoms with van der Waals surface area (Å²) in [5, 5.41) is 6.28. The quantitative estimate of drug-likeness (QED) is 0.488. The number of carbonyl (C=O) groups excluding carboxylic acids is 3. The molecule has 3 aromatic rings. The summed E-state index contributed by atoms with van der Waals surface area (Å²) in [6.45, 7) is 1.69. The van der Waals surface area contributed by atoms with Gasteiger partial charge in [-0.25, -0.2) is 0 Å². The van der Waals surface area contributed by atoms with Crippen molar-refractivity contribution in [3.8, 4) is 0 Å². The maximum atomic E-state index is 13.4. The summed E-state index contributed by atoms with van der Waals surface area (Å²) in [4.78, 5) is 39.6. The van der Waals surface area contributed by atoms with Crippen molar-refractivity contribution in [3.63, 3.8) is 0 Å². The lowest BCUT2D eigenvalue weighted by Crippen LogP contribution is -2.38. The number of rotatable bonds is 5. The van der Waals surface area contributed by atoms with Crippen molar-refractivity contribution in [2.24, 2.45) is 5.92 Å². The second kappa shape index (κ2) is 9.84. The molecular formula is C27H23ClN2O3. The Hall–Kier alpha value is -3.70. The van der Waals surface area contributed by atoms with E-state index in [2.05, 4.69) is 10.6 Å². The van der Waals surface area contributed by atoms with Crippen molar-refractivity contribution in [2.45, 2.75) is 19.3 Å². The second-order valence-corrected chi connectivity index (χ2v) is 8.43. The Balaban J connectivity index is 1.72. The van der Waals surface area contributed by atoms with Crippen LogP contribution in [0, 0.1) is 5.92 Å². The minimum atomic E-state index is -0.694. The molecule has 6 heteroatoms. The zero-order valence-corrected chi connectivity index (χ0v) is 18.8. The molecule has 0 heterocycles. The van der Waals surface area contributed by atoms with Crippen LogP contribution >= 0.6 is 11.6 Å². The molecule has 0 aromatic heterocycles. The zero-order chi connectivity index (χ0) is 23.4. The SMILES string of the molecule is CC1=C(C(=O)Nc2ccccc2)C(=O)CC(c2ccc(Cl)cc2)C1C(=O)Nc1ccccc1. The fourth-order valence-corrected chi connectivity index (χ4v) is 4.38. The van der Waals surface area contributed by atoms with Crippen LogP contribution in [0.15, 0.2) is 96.1 Å². The Morgan fingerprint density at radius 1 is 0.818 bits per heavy atom. The van der Waals surface area contributed by atoms with E-state index in [4.69, 9.17) is 11.6 Å². The van der Waals surface area contributed by atoms with E-state index >= 15 is 0 Å². The zero-order valence-electron chi connectivity index (χ0n) is 18.0. The molecule has 0 spiro atoms. The van der Waals surface area contributed by atoms with Crippen molar-refractivity contribution < 1.29 is 14.4 Å². The lowest BCUT2D eigenvalue weighted by atomic mass is 9.71. The molecule has 0 saturated carbocycles. The molecule has 2 atom stereocenters. The lowest BCUT2D eigenvalue weighted by Gasteiger charge is -2.32. The number of anilines is 2. The van der Waals surface area contributed by atoms with E-state index in [1.807, 2.05) is 36.4 Å². The number of benzene rings is 3. The lowest BCUT2D eigenvalue weighted by molar-refractivity contribution is -0.123. The van der Waals surface area contributed by atoms with Crippen LogP contribution < -0.4 is 10.6 Å². The molecule has 0 radical (unpaired) electrons. The molecule has 0 fully saturated rings. The Morgan fingerprint density at radius 3 is 1.94 bits per heavy atom. The average molecular weight is 459 g/mol. The fraction of sp³-hybridized carbons (Fsp3) is 0.148. The predicted molar refractivity (Wildman–Crippen MR) is 130 cm³/mol. The fourth-order valence-electron chi connectivity index (χ4n) is 4.26. The van der Waals surface area contributed by atoms with Gasteiger partial charge in [0.1, 0.15) is 0 Å². The topological polar surface area (TPSA) is 75.3 Å². The van der Waals surface area contributed by atoms with Crippen LogP contribution in [0.3, 0.4) is 0 Å². The maximum Gasteiger partial charge on any atom is 0.259 e. The summed E-state index contributed by atoms with van der Waals surface area (Å²) < 4.78 is 0.